The number of aromatic nitrogens is 4. The highest BCUT2D eigenvalue weighted by Gasteiger charge is 2.27. The van der Waals surface area contributed by atoms with Crippen LogP contribution >= 0.6 is 0 Å². The van der Waals surface area contributed by atoms with E-state index in [1.54, 1.807) is 18.6 Å². The number of aryl methyl sites for hydroxylation is 2. The number of carbonyl (C=O) groups is 1. The summed E-state index contributed by atoms with van der Waals surface area (Å²) in [4.78, 5) is 27.3. The zero-order chi connectivity index (χ0) is 18.4. The highest BCUT2D eigenvalue weighted by atomic mass is 16.5. The van der Waals surface area contributed by atoms with E-state index in [0.29, 0.717) is 44.3 Å². The van der Waals surface area contributed by atoms with E-state index < -0.39 is 0 Å². The van der Waals surface area contributed by atoms with Crippen molar-refractivity contribution in [1.82, 2.24) is 25.0 Å². The standard InChI is InChI=1S/C18H25N5O3/c1-13(2)18-21-16(26-22-18)5-6-17(24)23-9-10-25-12-15(23)4-3-14-11-19-7-8-20-14/h7-8,11,13,15H,3-6,9-10,12H2,1-2H3. The van der Waals surface area contributed by atoms with Gasteiger partial charge in [0.15, 0.2) is 5.82 Å². The first kappa shape index (κ1) is 18.4. The zero-order valence-corrected chi connectivity index (χ0v) is 15.3. The molecule has 2 aromatic heterocycles. The van der Waals surface area contributed by atoms with Crippen LogP contribution in [-0.2, 0) is 22.4 Å². The van der Waals surface area contributed by atoms with Gasteiger partial charge in [0.25, 0.3) is 0 Å². The second-order valence-corrected chi connectivity index (χ2v) is 6.75. The maximum atomic E-state index is 12.7. The summed E-state index contributed by atoms with van der Waals surface area (Å²) < 4.78 is 10.8. The summed E-state index contributed by atoms with van der Waals surface area (Å²) in [5.74, 6) is 1.52. The molecule has 0 bridgehead atoms. The fourth-order valence-corrected chi connectivity index (χ4v) is 2.96. The van der Waals surface area contributed by atoms with Gasteiger partial charge in [-0.15, -0.1) is 0 Å². The summed E-state index contributed by atoms with van der Waals surface area (Å²) in [6, 6.07) is 0.0622. The first-order chi connectivity index (χ1) is 12.6. The first-order valence-corrected chi connectivity index (χ1v) is 9.08. The van der Waals surface area contributed by atoms with Crippen LogP contribution in [0.25, 0.3) is 0 Å². The SMILES string of the molecule is CC(C)c1noc(CCC(=O)N2CCOCC2CCc2cnccn2)n1. The second kappa shape index (κ2) is 8.84. The van der Waals surface area contributed by atoms with Gasteiger partial charge < -0.3 is 14.2 Å². The van der Waals surface area contributed by atoms with Crippen LogP contribution in [0.15, 0.2) is 23.1 Å². The van der Waals surface area contributed by atoms with Gasteiger partial charge in [0.2, 0.25) is 11.8 Å². The van der Waals surface area contributed by atoms with Gasteiger partial charge in [-0.05, 0) is 12.8 Å². The Morgan fingerprint density at radius 3 is 2.96 bits per heavy atom. The number of hydrogen-bond donors (Lipinski definition) is 0. The smallest absolute Gasteiger partial charge is 0.227 e. The molecule has 0 saturated carbocycles. The van der Waals surface area contributed by atoms with E-state index in [2.05, 4.69) is 20.1 Å². The van der Waals surface area contributed by atoms with Crippen LogP contribution in [-0.4, -0.2) is 56.7 Å². The fourth-order valence-electron chi connectivity index (χ4n) is 2.96. The molecule has 0 aromatic carbocycles. The molecule has 3 heterocycles. The lowest BCUT2D eigenvalue weighted by Gasteiger charge is -2.35. The normalized spacial score (nSPS) is 17.7. The average molecular weight is 359 g/mol. The molecule has 8 nitrogen and oxygen atoms in total. The summed E-state index contributed by atoms with van der Waals surface area (Å²) in [7, 11) is 0. The fraction of sp³-hybridized carbons (Fsp3) is 0.611. The Balaban J connectivity index is 1.53. The molecule has 3 rings (SSSR count). The molecule has 1 aliphatic heterocycles. The molecule has 140 valence electrons. The number of carbonyl (C=O) groups excluding carboxylic acids is 1. The Morgan fingerprint density at radius 1 is 1.35 bits per heavy atom. The van der Waals surface area contributed by atoms with E-state index in [9.17, 15) is 4.79 Å². The molecule has 1 atom stereocenters. The molecule has 0 radical (unpaired) electrons. The van der Waals surface area contributed by atoms with Crippen molar-refractivity contribution in [2.45, 2.75) is 51.5 Å². The van der Waals surface area contributed by atoms with Gasteiger partial charge in [0.05, 0.1) is 24.9 Å². The maximum absolute atomic E-state index is 12.7. The molecule has 0 spiro atoms. The van der Waals surface area contributed by atoms with E-state index in [-0.39, 0.29) is 17.9 Å². The van der Waals surface area contributed by atoms with E-state index in [1.165, 1.54) is 0 Å². The van der Waals surface area contributed by atoms with Gasteiger partial charge in [-0.25, -0.2) is 0 Å². The molecule has 1 saturated heterocycles. The molecule has 8 heteroatoms. The first-order valence-electron chi connectivity index (χ1n) is 9.08. The van der Waals surface area contributed by atoms with Gasteiger partial charge in [-0.2, -0.15) is 4.98 Å². The lowest BCUT2D eigenvalue weighted by atomic mass is 10.1. The third-order valence-electron chi connectivity index (χ3n) is 4.45. The lowest BCUT2D eigenvalue weighted by molar-refractivity contribution is -0.140. The quantitative estimate of drug-likeness (QED) is 0.743. The van der Waals surface area contributed by atoms with Crippen LogP contribution in [0.3, 0.4) is 0 Å². The van der Waals surface area contributed by atoms with Crippen molar-refractivity contribution in [1.29, 1.82) is 0 Å². The van der Waals surface area contributed by atoms with Crippen LogP contribution in [0.5, 0.6) is 0 Å². The number of ether oxygens (including phenoxy) is 1. The van der Waals surface area contributed by atoms with Crippen molar-refractivity contribution in [3.05, 3.63) is 36.0 Å². The van der Waals surface area contributed by atoms with E-state index in [4.69, 9.17) is 9.26 Å². The van der Waals surface area contributed by atoms with E-state index >= 15 is 0 Å². The minimum absolute atomic E-state index is 0.0622. The monoisotopic (exact) mass is 359 g/mol. The highest BCUT2D eigenvalue weighted by Crippen LogP contribution is 2.16. The van der Waals surface area contributed by atoms with Crippen molar-refractivity contribution in [3.63, 3.8) is 0 Å². The van der Waals surface area contributed by atoms with Gasteiger partial charge in [0.1, 0.15) is 0 Å². The molecule has 0 N–H and O–H groups in total. The number of amides is 1. The third-order valence-corrected chi connectivity index (χ3v) is 4.45. The topological polar surface area (TPSA) is 94.2 Å². The zero-order valence-electron chi connectivity index (χ0n) is 15.3. The molecule has 1 fully saturated rings. The number of nitrogens with zero attached hydrogens (tertiary/aromatic N) is 5. The molecular formula is C18H25N5O3. The van der Waals surface area contributed by atoms with Gasteiger partial charge in [-0.1, -0.05) is 19.0 Å². The summed E-state index contributed by atoms with van der Waals surface area (Å²) in [5.41, 5.74) is 0.928. The van der Waals surface area contributed by atoms with Crippen molar-refractivity contribution >= 4 is 5.91 Å². The highest BCUT2D eigenvalue weighted by molar-refractivity contribution is 5.76. The Kier molecular flexibility index (Phi) is 6.27. The van der Waals surface area contributed by atoms with Crippen LogP contribution in [0, 0.1) is 0 Å². The number of rotatable bonds is 7. The van der Waals surface area contributed by atoms with Crippen molar-refractivity contribution in [3.8, 4) is 0 Å². The van der Waals surface area contributed by atoms with Crippen LogP contribution in [0.4, 0.5) is 0 Å². The van der Waals surface area contributed by atoms with Crippen molar-refractivity contribution in [2.24, 2.45) is 0 Å². The Labute approximate surface area is 153 Å². The average Bonchev–Trinajstić information content (AvgIpc) is 3.15. The minimum atomic E-state index is 0.0622. The molecule has 26 heavy (non-hydrogen) atoms. The lowest BCUT2D eigenvalue weighted by Crippen LogP contribution is -2.49. The summed E-state index contributed by atoms with van der Waals surface area (Å²) in [6.45, 7) is 5.77. The van der Waals surface area contributed by atoms with Crippen molar-refractivity contribution < 1.29 is 14.1 Å². The number of morpholine rings is 1. The summed E-state index contributed by atoms with van der Waals surface area (Å²) >= 11 is 0. The predicted octanol–water partition coefficient (Wildman–Crippen LogP) is 1.78. The summed E-state index contributed by atoms with van der Waals surface area (Å²) in [6.07, 6.45) is 7.51. The number of hydrogen-bond acceptors (Lipinski definition) is 7. The molecule has 1 unspecified atom stereocenters. The van der Waals surface area contributed by atoms with Gasteiger partial charge >= 0.3 is 0 Å². The van der Waals surface area contributed by atoms with E-state index in [0.717, 1.165) is 18.5 Å². The summed E-state index contributed by atoms with van der Waals surface area (Å²) in [5, 5.41) is 3.94. The van der Waals surface area contributed by atoms with Gasteiger partial charge in [-0.3, -0.25) is 14.8 Å². The second-order valence-electron chi connectivity index (χ2n) is 6.75. The van der Waals surface area contributed by atoms with Crippen LogP contribution in [0.1, 0.15) is 50.0 Å². The van der Waals surface area contributed by atoms with Gasteiger partial charge in [0, 0.05) is 43.9 Å². The maximum Gasteiger partial charge on any atom is 0.227 e. The Bertz CT molecular complexity index is 704. The Morgan fingerprint density at radius 2 is 2.23 bits per heavy atom. The molecule has 1 aliphatic rings. The molecular weight excluding hydrogens is 334 g/mol. The van der Waals surface area contributed by atoms with E-state index in [1.807, 2.05) is 18.7 Å². The molecule has 0 aliphatic carbocycles. The molecule has 2 aromatic rings. The Hall–Kier alpha value is -2.35. The van der Waals surface area contributed by atoms with Crippen molar-refractivity contribution in [2.75, 3.05) is 19.8 Å². The van der Waals surface area contributed by atoms with Crippen LogP contribution < -0.4 is 0 Å². The predicted molar refractivity (Wildman–Crippen MR) is 93.4 cm³/mol. The third kappa shape index (κ3) is 4.85. The largest absolute Gasteiger partial charge is 0.377 e. The molecule has 1 amide bonds. The van der Waals surface area contributed by atoms with Crippen LogP contribution in [0.2, 0.25) is 0 Å². The minimum Gasteiger partial charge on any atom is -0.377 e.